The molecule has 0 aliphatic rings. The van der Waals surface area contributed by atoms with Crippen molar-refractivity contribution in [3.63, 3.8) is 0 Å². The molecule has 0 heterocycles. The van der Waals surface area contributed by atoms with E-state index < -0.39 is 16.6 Å². The molecule has 0 aromatic heterocycles. The first-order valence-electron chi connectivity index (χ1n) is 10.7. The van der Waals surface area contributed by atoms with E-state index in [2.05, 4.69) is 10.8 Å². The van der Waals surface area contributed by atoms with E-state index in [4.69, 9.17) is 4.74 Å². The topological polar surface area (TPSA) is 55.4 Å². The number of rotatable bonds is 5. The normalized spacial score (nSPS) is 12.8. The van der Waals surface area contributed by atoms with Crippen LogP contribution in [-0.4, -0.2) is 15.8 Å². The third-order valence-electron chi connectivity index (χ3n) is 5.45. The van der Waals surface area contributed by atoms with Crippen LogP contribution in [-0.2, 0) is 20.5 Å². The number of aryl methyl sites for hydroxylation is 2. The van der Waals surface area contributed by atoms with Crippen molar-refractivity contribution in [2.75, 3.05) is 4.72 Å². The van der Waals surface area contributed by atoms with E-state index in [1.807, 2.05) is 84.9 Å². The monoisotopic (exact) mass is 449 g/mol. The van der Waals surface area contributed by atoms with Gasteiger partial charge in [-0.2, -0.15) is 0 Å². The lowest BCUT2D eigenvalue weighted by Crippen LogP contribution is -2.22. The van der Waals surface area contributed by atoms with Gasteiger partial charge in [0.25, 0.3) is 0 Å². The van der Waals surface area contributed by atoms with Gasteiger partial charge >= 0.3 is 5.97 Å². The summed E-state index contributed by atoms with van der Waals surface area (Å²) in [6, 6.07) is 13.8. The summed E-state index contributed by atoms with van der Waals surface area (Å²) >= 11 is 0. The molecule has 0 spiro atoms. The highest BCUT2D eigenvalue weighted by molar-refractivity contribution is 7.86. The van der Waals surface area contributed by atoms with Crippen molar-refractivity contribution in [3.8, 4) is 0 Å². The van der Waals surface area contributed by atoms with Gasteiger partial charge in [-0.05, 0) is 93.8 Å². The summed E-state index contributed by atoms with van der Waals surface area (Å²) in [5.41, 5.74) is 5.48. The predicted molar refractivity (Wildman–Crippen MR) is 134 cm³/mol. The third kappa shape index (κ3) is 5.28. The van der Waals surface area contributed by atoms with Crippen LogP contribution in [0.2, 0.25) is 0 Å². The zero-order chi connectivity index (χ0) is 23.6. The Hall–Kier alpha value is -2.92. The van der Waals surface area contributed by atoms with Crippen LogP contribution in [0.25, 0.3) is 16.8 Å². The molecule has 168 valence electrons. The number of benzene rings is 3. The Morgan fingerprint density at radius 1 is 0.938 bits per heavy atom. The van der Waals surface area contributed by atoms with Gasteiger partial charge in [0.2, 0.25) is 0 Å². The minimum atomic E-state index is -1.41. The number of anilines is 1. The minimum Gasteiger partial charge on any atom is -0.457 e. The Balaban J connectivity index is 1.96. The summed E-state index contributed by atoms with van der Waals surface area (Å²) in [6.45, 7) is 13.6. The van der Waals surface area contributed by atoms with Gasteiger partial charge in [0, 0.05) is 11.5 Å². The molecule has 0 bridgehead atoms. The van der Waals surface area contributed by atoms with Crippen LogP contribution in [0.4, 0.5) is 5.69 Å². The lowest BCUT2D eigenvalue weighted by atomic mass is 10.0. The average Bonchev–Trinajstić information content (AvgIpc) is 2.70. The zero-order valence-corrected chi connectivity index (χ0v) is 20.6. The Morgan fingerprint density at radius 3 is 2.12 bits per heavy atom. The van der Waals surface area contributed by atoms with E-state index in [1.165, 1.54) is 6.08 Å². The van der Waals surface area contributed by atoms with E-state index in [-0.39, 0.29) is 5.97 Å². The fourth-order valence-corrected chi connectivity index (χ4v) is 5.02. The molecule has 1 unspecified atom stereocenters. The SMILES string of the molecule is Cc1cc(C)c(C)c(S(=O)Nc2ccc(/C=C/C(=O)OC(C)(C)C)c3ccccc23)c1C. The smallest absolute Gasteiger partial charge is 0.331 e. The molecule has 3 aromatic carbocycles. The molecule has 0 radical (unpaired) electrons. The first kappa shape index (κ1) is 23.7. The van der Waals surface area contributed by atoms with Crippen LogP contribution in [0, 0.1) is 27.7 Å². The van der Waals surface area contributed by atoms with Crippen molar-refractivity contribution >= 4 is 39.5 Å². The van der Waals surface area contributed by atoms with Crippen LogP contribution in [0.1, 0.15) is 48.6 Å². The molecule has 0 saturated carbocycles. The lowest BCUT2D eigenvalue weighted by Gasteiger charge is -2.18. The molecular weight excluding hydrogens is 418 g/mol. The van der Waals surface area contributed by atoms with Gasteiger partial charge < -0.3 is 9.46 Å². The number of ether oxygens (including phenoxy) is 1. The van der Waals surface area contributed by atoms with Gasteiger partial charge in [-0.25, -0.2) is 9.00 Å². The number of hydrogen-bond acceptors (Lipinski definition) is 3. The van der Waals surface area contributed by atoms with Crippen molar-refractivity contribution in [2.45, 2.75) is 59.0 Å². The Labute approximate surface area is 193 Å². The van der Waals surface area contributed by atoms with Crippen molar-refractivity contribution in [3.05, 3.63) is 76.4 Å². The molecule has 1 N–H and O–H groups in total. The first-order valence-corrected chi connectivity index (χ1v) is 11.8. The maximum absolute atomic E-state index is 13.4. The maximum atomic E-state index is 13.4. The van der Waals surface area contributed by atoms with E-state index in [0.29, 0.717) is 0 Å². The fourth-order valence-electron chi connectivity index (χ4n) is 3.66. The second-order valence-electron chi connectivity index (χ2n) is 9.08. The second-order valence-corrected chi connectivity index (χ2v) is 10.2. The van der Waals surface area contributed by atoms with Gasteiger partial charge in [0.1, 0.15) is 5.60 Å². The summed E-state index contributed by atoms with van der Waals surface area (Å²) in [5, 5.41) is 1.90. The van der Waals surface area contributed by atoms with E-state index in [9.17, 15) is 9.00 Å². The van der Waals surface area contributed by atoms with E-state index in [1.54, 1.807) is 6.08 Å². The molecule has 3 rings (SSSR count). The summed E-state index contributed by atoms with van der Waals surface area (Å²) < 4.78 is 21.9. The number of fused-ring (bicyclic) bond motifs is 1. The standard InChI is InChI=1S/C27H31NO3S/c1-17-16-18(2)20(4)26(19(17)3)32(30)28-24-14-12-21(22-10-8-9-11-23(22)24)13-15-25(29)31-27(5,6)7/h8-16,28H,1-7H3/b15-13+. The molecule has 5 heteroatoms. The van der Waals surface area contributed by atoms with Gasteiger partial charge in [0.05, 0.1) is 10.6 Å². The van der Waals surface area contributed by atoms with Crippen molar-refractivity contribution in [2.24, 2.45) is 0 Å². The molecule has 0 amide bonds. The van der Waals surface area contributed by atoms with Gasteiger partial charge in [-0.15, -0.1) is 0 Å². The van der Waals surface area contributed by atoms with Crippen molar-refractivity contribution in [1.82, 2.24) is 0 Å². The van der Waals surface area contributed by atoms with Crippen LogP contribution < -0.4 is 4.72 Å². The van der Waals surface area contributed by atoms with Crippen molar-refractivity contribution in [1.29, 1.82) is 0 Å². The molecule has 3 aromatic rings. The molecule has 0 aliphatic carbocycles. The Bertz CT molecular complexity index is 1210. The molecular formula is C27H31NO3S. The maximum Gasteiger partial charge on any atom is 0.331 e. The number of hydrogen-bond donors (Lipinski definition) is 1. The molecule has 1 atom stereocenters. The molecule has 32 heavy (non-hydrogen) atoms. The molecule has 0 aliphatic heterocycles. The van der Waals surface area contributed by atoms with Gasteiger partial charge in [-0.3, -0.25) is 0 Å². The number of esters is 1. The summed E-state index contributed by atoms with van der Waals surface area (Å²) in [6.07, 6.45) is 3.20. The summed E-state index contributed by atoms with van der Waals surface area (Å²) in [5.74, 6) is -0.384. The minimum absolute atomic E-state index is 0.384. The number of carbonyl (C=O) groups excluding carboxylic acids is 1. The molecule has 0 saturated heterocycles. The van der Waals surface area contributed by atoms with Gasteiger partial charge in [-0.1, -0.05) is 36.4 Å². The predicted octanol–water partition coefficient (Wildman–Crippen LogP) is 6.56. The highest BCUT2D eigenvalue weighted by atomic mass is 32.2. The quantitative estimate of drug-likeness (QED) is 0.354. The largest absolute Gasteiger partial charge is 0.457 e. The third-order valence-corrected chi connectivity index (χ3v) is 6.84. The molecule has 0 fully saturated rings. The number of carbonyl (C=O) groups is 1. The fraction of sp³-hybridized carbons (Fsp3) is 0.296. The highest BCUT2D eigenvalue weighted by Crippen LogP contribution is 2.31. The Morgan fingerprint density at radius 2 is 1.53 bits per heavy atom. The highest BCUT2D eigenvalue weighted by Gasteiger charge is 2.17. The Kier molecular flexibility index (Phi) is 6.89. The molecule has 4 nitrogen and oxygen atoms in total. The van der Waals surface area contributed by atoms with E-state index >= 15 is 0 Å². The summed E-state index contributed by atoms with van der Waals surface area (Å²) in [7, 11) is -1.41. The lowest BCUT2D eigenvalue weighted by molar-refractivity contribution is -0.148. The summed E-state index contributed by atoms with van der Waals surface area (Å²) in [4.78, 5) is 12.9. The van der Waals surface area contributed by atoms with E-state index in [0.717, 1.165) is 49.2 Å². The average molecular weight is 450 g/mol. The van der Waals surface area contributed by atoms with Crippen LogP contribution >= 0.6 is 0 Å². The van der Waals surface area contributed by atoms with Crippen LogP contribution in [0.5, 0.6) is 0 Å². The van der Waals surface area contributed by atoms with Crippen LogP contribution in [0.3, 0.4) is 0 Å². The van der Waals surface area contributed by atoms with Crippen LogP contribution in [0.15, 0.2) is 53.4 Å². The van der Waals surface area contributed by atoms with Gasteiger partial charge in [0.15, 0.2) is 11.0 Å². The number of nitrogens with one attached hydrogen (secondary N) is 1. The first-order chi connectivity index (χ1) is 15.0. The van der Waals surface area contributed by atoms with Crippen molar-refractivity contribution < 1.29 is 13.7 Å². The zero-order valence-electron chi connectivity index (χ0n) is 19.8. The second kappa shape index (κ2) is 9.29.